The van der Waals surface area contributed by atoms with E-state index in [2.05, 4.69) is 34.7 Å². The number of methoxy groups -OCH3 is 1. The van der Waals surface area contributed by atoms with Crippen LogP contribution in [0.2, 0.25) is 0 Å². The van der Waals surface area contributed by atoms with Gasteiger partial charge in [0.15, 0.2) is 0 Å². The molecule has 170 valence electrons. The van der Waals surface area contributed by atoms with E-state index >= 15 is 0 Å². The van der Waals surface area contributed by atoms with Crippen LogP contribution in [0.25, 0.3) is 0 Å². The molecule has 2 aliphatic carbocycles. The molecule has 0 bridgehead atoms. The van der Waals surface area contributed by atoms with Gasteiger partial charge in [-0.1, -0.05) is 47.6 Å². The number of thiophene rings is 1. The zero-order valence-electron chi connectivity index (χ0n) is 18.4. The standard InChI is InChI=1S/C26H26N2O3S2/c1-31-20-11-7-17(8-12-20)18-13-21-23(22(14-18)28-30)26(32-15-16-5-3-2-4-6-16)33-24(21)25(29)27-19-9-10-19/h2-8,11-12,18-19,30H,9-10,13-15H2,1H3,(H,27,29)/b28-22+. The predicted octanol–water partition coefficient (Wildman–Crippen LogP) is 5.85. The lowest BCUT2D eigenvalue weighted by Gasteiger charge is -2.25. The van der Waals surface area contributed by atoms with E-state index in [0.29, 0.717) is 18.2 Å². The van der Waals surface area contributed by atoms with Gasteiger partial charge >= 0.3 is 0 Å². The molecule has 1 saturated carbocycles. The SMILES string of the molecule is COc1ccc(C2C/C(=N\O)c3c(SCc4ccccc4)sc(C(=O)NC4CC4)c3C2)cc1. The Labute approximate surface area is 201 Å². The molecule has 1 unspecified atom stereocenters. The van der Waals surface area contributed by atoms with Crippen molar-refractivity contribution in [2.75, 3.05) is 7.11 Å². The molecule has 1 heterocycles. The first-order chi connectivity index (χ1) is 16.2. The Morgan fingerprint density at radius 1 is 1.15 bits per heavy atom. The number of carbonyl (C=O) groups excluding carboxylic acids is 1. The van der Waals surface area contributed by atoms with Crippen molar-refractivity contribution in [3.63, 3.8) is 0 Å². The van der Waals surface area contributed by atoms with Gasteiger partial charge in [0, 0.05) is 23.8 Å². The molecule has 7 heteroatoms. The number of hydrogen-bond acceptors (Lipinski definition) is 6. The molecule has 5 rings (SSSR count). The van der Waals surface area contributed by atoms with Crippen LogP contribution in [0.3, 0.4) is 0 Å². The average Bonchev–Trinajstić information content (AvgIpc) is 3.60. The number of nitrogens with one attached hydrogen (secondary N) is 1. The summed E-state index contributed by atoms with van der Waals surface area (Å²) in [5.74, 6) is 1.75. The van der Waals surface area contributed by atoms with Crippen molar-refractivity contribution in [2.45, 2.75) is 47.6 Å². The van der Waals surface area contributed by atoms with Crippen molar-refractivity contribution in [3.05, 3.63) is 81.7 Å². The number of amides is 1. The molecule has 3 aromatic rings. The van der Waals surface area contributed by atoms with Gasteiger partial charge in [0.2, 0.25) is 0 Å². The van der Waals surface area contributed by atoms with E-state index in [9.17, 15) is 10.0 Å². The lowest BCUT2D eigenvalue weighted by molar-refractivity contribution is 0.0954. The smallest absolute Gasteiger partial charge is 0.261 e. The summed E-state index contributed by atoms with van der Waals surface area (Å²) in [6.07, 6.45) is 3.48. The fourth-order valence-corrected chi connectivity index (χ4v) is 6.80. The van der Waals surface area contributed by atoms with E-state index in [1.54, 1.807) is 18.9 Å². The summed E-state index contributed by atoms with van der Waals surface area (Å²) in [7, 11) is 1.66. The van der Waals surface area contributed by atoms with Crippen molar-refractivity contribution in [3.8, 4) is 5.75 Å². The van der Waals surface area contributed by atoms with Gasteiger partial charge in [0.05, 0.1) is 21.9 Å². The topological polar surface area (TPSA) is 70.9 Å². The molecule has 1 amide bonds. The molecule has 5 nitrogen and oxygen atoms in total. The summed E-state index contributed by atoms with van der Waals surface area (Å²) in [5.41, 5.74) is 5.00. The van der Waals surface area contributed by atoms with Crippen LogP contribution in [-0.2, 0) is 12.2 Å². The summed E-state index contributed by atoms with van der Waals surface area (Å²) in [4.78, 5) is 13.9. The number of oxime groups is 1. The molecular formula is C26H26N2O3S2. The second-order valence-electron chi connectivity index (χ2n) is 8.52. The highest BCUT2D eigenvalue weighted by Crippen LogP contribution is 2.45. The van der Waals surface area contributed by atoms with Crippen molar-refractivity contribution >= 4 is 34.7 Å². The molecule has 0 aliphatic heterocycles. The Morgan fingerprint density at radius 2 is 1.91 bits per heavy atom. The van der Waals surface area contributed by atoms with E-state index in [4.69, 9.17) is 4.74 Å². The lowest BCUT2D eigenvalue weighted by Crippen LogP contribution is -2.27. The molecular weight excluding hydrogens is 452 g/mol. The van der Waals surface area contributed by atoms with E-state index in [-0.39, 0.29) is 11.8 Å². The maximum atomic E-state index is 13.1. The first kappa shape index (κ1) is 22.0. The molecule has 0 spiro atoms. The van der Waals surface area contributed by atoms with Crippen LogP contribution in [0.5, 0.6) is 5.75 Å². The van der Waals surface area contributed by atoms with Gasteiger partial charge in [-0.3, -0.25) is 4.79 Å². The van der Waals surface area contributed by atoms with E-state index in [1.807, 2.05) is 30.3 Å². The number of benzene rings is 2. The number of hydrogen-bond donors (Lipinski definition) is 2. The quantitative estimate of drug-likeness (QED) is 0.254. The van der Waals surface area contributed by atoms with Gasteiger partial charge in [-0.25, -0.2) is 0 Å². The third-order valence-electron chi connectivity index (χ3n) is 6.19. The third kappa shape index (κ3) is 4.80. The van der Waals surface area contributed by atoms with Crippen LogP contribution in [0.15, 0.2) is 64.0 Å². The van der Waals surface area contributed by atoms with Crippen molar-refractivity contribution in [1.82, 2.24) is 5.32 Å². The van der Waals surface area contributed by atoms with Crippen molar-refractivity contribution < 1.29 is 14.7 Å². The summed E-state index contributed by atoms with van der Waals surface area (Å²) in [6, 6.07) is 18.6. The van der Waals surface area contributed by atoms with Gasteiger partial charge in [0.1, 0.15) is 5.75 Å². The van der Waals surface area contributed by atoms with Crippen molar-refractivity contribution in [2.24, 2.45) is 5.16 Å². The minimum atomic E-state index is -0.00187. The highest BCUT2D eigenvalue weighted by atomic mass is 32.2. The van der Waals surface area contributed by atoms with Crippen LogP contribution in [0.1, 0.15) is 57.1 Å². The Kier molecular flexibility index (Phi) is 6.42. The second-order valence-corrected chi connectivity index (χ2v) is 10.8. The van der Waals surface area contributed by atoms with E-state index < -0.39 is 0 Å². The minimum absolute atomic E-state index is 0.00187. The first-order valence-corrected chi connectivity index (χ1v) is 12.9. The van der Waals surface area contributed by atoms with Gasteiger partial charge in [-0.15, -0.1) is 23.1 Å². The first-order valence-electron chi connectivity index (χ1n) is 11.1. The monoisotopic (exact) mass is 478 g/mol. The van der Waals surface area contributed by atoms with Crippen LogP contribution in [0, 0.1) is 0 Å². The maximum Gasteiger partial charge on any atom is 0.261 e. The number of fused-ring (bicyclic) bond motifs is 1. The Morgan fingerprint density at radius 3 is 2.58 bits per heavy atom. The molecule has 2 N–H and O–H groups in total. The fourth-order valence-electron chi connectivity index (χ4n) is 4.27. The highest BCUT2D eigenvalue weighted by Gasteiger charge is 2.35. The number of nitrogens with zero attached hydrogens (tertiary/aromatic N) is 1. The molecule has 0 saturated heterocycles. The Bertz CT molecular complexity index is 1170. The fraction of sp³-hybridized carbons (Fsp3) is 0.308. The predicted molar refractivity (Wildman–Crippen MR) is 133 cm³/mol. The molecule has 1 aromatic heterocycles. The summed E-state index contributed by atoms with van der Waals surface area (Å²) >= 11 is 3.25. The molecule has 33 heavy (non-hydrogen) atoms. The van der Waals surface area contributed by atoms with Crippen LogP contribution in [0.4, 0.5) is 0 Å². The highest BCUT2D eigenvalue weighted by molar-refractivity contribution is 8.00. The number of rotatable bonds is 7. The zero-order valence-corrected chi connectivity index (χ0v) is 20.0. The summed E-state index contributed by atoms with van der Waals surface area (Å²) in [5, 5.41) is 16.8. The third-order valence-corrected chi connectivity index (χ3v) is 8.77. The van der Waals surface area contributed by atoms with Crippen molar-refractivity contribution in [1.29, 1.82) is 0 Å². The van der Waals surface area contributed by atoms with Crippen LogP contribution < -0.4 is 10.1 Å². The average molecular weight is 479 g/mol. The molecule has 2 aliphatic rings. The van der Waals surface area contributed by atoms with Gasteiger partial charge in [-0.2, -0.15) is 0 Å². The molecule has 2 aromatic carbocycles. The molecule has 1 fully saturated rings. The largest absolute Gasteiger partial charge is 0.497 e. The van der Waals surface area contributed by atoms with Crippen LogP contribution >= 0.6 is 23.1 Å². The second kappa shape index (κ2) is 9.61. The lowest BCUT2D eigenvalue weighted by atomic mass is 9.80. The zero-order chi connectivity index (χ0) is 22.8. The van der Waals surface area contributed by atoms with Crippen LogP contribution in [-0.4, -0.2) is 30.0 Å². The molecule has 0 radical (unpaired) electrons. The van der Waals surface area contributed by atoms with Gasteiger partial charge < -0.3 is 15.3 Å². The normalized spacial score (nSPS) is 18.7. The summed E-state index contributed by atoms with van der Waals surface area (Å²) < 4.78 is 6.35. The Balaban J connectivity index is 1.49. The number of ether oxygens (including phenoxy) is 1. The number of carbonyl (C=O) groups is 1. The van der Waals surface area contributed by atoms with Gasteiger partial charge in [0.25, 0.3) is 5.91 Å². The number of thioether (sulfide) groups is 1. The van der Waals surface area contributed by atoms with E-state index in [1.165, 1.54) is 16.9 Å². The van der Waals surface area contributed by atoms with Gasteiger partial charge in [-0.05, 0) is 54.0 Å². The molecule has 1 atom stereocenters. The minimum Gasteiger partial charge on any atom is -0.497 e. The summed E-state index contributed by atoms with van der Waals surface area (Å²) in [6.45, 7) is 0. The van der Waals surface area contributed by atoms with E-state index in [0.717, 1.165) is 56.5 Å². The maximum absolute atomic E-state index is 13.1. The Hall–Kier alpha value is -2.77.